The fourth-order valence-electron chi connectivity index (χ4n) is 2.26. The molecule has 1 unspecified atom stereocenters. The zero-order chi connectivity index (χ0) is 15.2. The van der Waals surface area contributed by atoms with Crippen LogP contribution in [0.1, 0.15) is 22.6 Å². The number of hydrogen-bond acceptors (Lipinski definition) is 2. The minimum Gasteiger partial charge on any atom is -0.340 e. The molecule has 0 N–H and O–H groups in total. The van der Waals surface area contributed by atoms with Crippen molar-refractivity contribution in [3.8, 4) is 6.07 Å². The van der Waals surface area contributed by atoms with Crippen molar-refractivity contribution in [2.75, 3.05) is 7.05 Å². The van der Waals surface area contributed by atoms with E-state index >= 15 is 0 Å². The van der Waals surface area contributed by atoms with Crippen molar-refractivity contribution < 1.29 is 4.79 Å². The minimum atomic E-state index is -0.750. The normalized spacial score (nSPS) is 11.5. The van der Waals surface area contributed by atoms with Gasteiger partial charge in [-0.05, 0) is 23.6 Å². The summed E-state index contributed by atoms with van der Waals surface area (Å²) in [6.07, 6.45) is 0. The van der Waals surface area contributed by atoms with Gasteiger partial charge >= 0.3 is 0 Å². The summed E-state index contributed by atoms with van der Waals surface area (Å²) < 4.78 is 0. The van der Waals surface area contributed by atoms with E-state index < -0.39 is 5.92 Å². The number of carbonyl (C=O) groups is 1. The van der Waals surface area contributed by atoms with E-state index in [-0.39, 0.29) is 5.91 Å². The molecule has 0 saturated carbocycles. The molecule has 0 aliphatic rings. The maximum Gasteiger partial charge on any atom is 0.244 e. The standard InChI is InChI=1S/C18H18N2O/c1-14-8-6-7-11-16(14)13-20(2)18(21)17(12-19)15-9-4-3-5-10-15/h3-11,17H,13H2,1-2H3. The third kappa shape index (κ3) is 3.49. The first-order valence-corrected chi connectivity index (χ1v) is 6.87. The van der Waals surface area contributed by atoms with Crippen LogP contribution in [0.2, 0.25) is 0 Å². The Kier molecular flexibility index (Phi) is 4.73. The molecule has 1 atom stereocenters. The Hall–Kier alpha value is -2.60. The van der Waals surface area contributed by atoms with Gasteiger partial charge in [-0.1, -0.05) is 54.6 Å². The van der Waals surface area contributed by atoms with Crippen molar-refractivity contribution in [3.05, 3.63) is 71.3 Å². The molecular weight excluding hydrogens is 260 g/mol. The largest absolute Gasteiger partial charge is 0.340 e. The van der Waals surface area contributed by atoms with E-state index in [4.69, 9.17) is 0 Å². The van der Waals surface area contributed by atoms with Crippen LogP contribution in [0, 0.1) is 18.3 Å². The van der Waals surface area contributed by atoms with E-state index in [9.17, 15) is 10.1 Å². The van der Waals surface area contributed by atoms with Gasteiger partial charge in [0, 0.05) is 13.6 Å². The number of aryl methyl sites for hydroxylation is 1. The molecule has 0 aromatic heterocycles. The lowest BCUT2D eigenvalue weighted by Gasteiger charge is -2.21. The van der Waals surface area contributed by atoms with Crippen molar-refractivity contribution >= 4 is 5.91 Å². The summed E-state index contributed by atoms with van der Waals surface area (Å²) in [6.45, 7) is 2.53. The fourth-order valence-corrected chi connectivity index (χ4v) is 2.26. The number of nitrogens with zero attached hydrogens (tertiary/aromatic N) is 2. The van der Waals surface area contributed by atoms with E-state index in [1.807, 2.05) is 61.5 Å². The maximum absolute atomic E-state index is 12.5. The first-order chi connectivity index (χ1) is 10.1. The molecule has 0 aliphatic heterocycles. The average Bonchev–Trinajstić information content (AvgIpc) is 2.51. The highest BCUT2D eigenvalue weighted by atomic mass is 16.2. The van der Waals surface area contributed by atoms with Gasteiger partial charge in [0.2, 0.25) is 5.91 Å². The van der Waals surface area contributed by atoms with E-state index in [2.05, 4.69) is 6.07 Å². The van der Waals surface area contributed by atoms with E-state index in [0.29, 0.717) is 6.54 Å². The predicted molar refractivity (Wildman–Crippen MR) is 82.4 cm³/mol. The molecule has 0 radical (unpaired) electrons. The first kappa shape index (κ1) is 14.8. The molecule has 0 aliphatic carbocycles. The maximum atomic E-state index is 12.5. The predicted octanol–water partition coefficient (Wildman–Crippen LogP) is 3.26. The number of nitriles is 1. The zero-order valence-electron chi connectivity index (χ0n) is 12.3. The van der Waals surface area contributed by atoms with Crippen LogP contribution in [0.15, 0.2) is 54.6 Å². The van der Waals surface area contributed by atoms with Gasteiger partial charge in [0.05, 0.1) is 6.07 Å². The molecule has 0 bridgehead atoms. The molecule has 3 heteroatoms. The quantitative estimate of drug-likeness (QED) is 0.861. The van der Waals surface area contributed by atoms with E-state index in [1.54, 1.807) is 11.9 Å². The molecule has 0 saturated heterocycles. The van der Waals surface area contributed by atoms with Crippen LogP contribution in [0.4, 0.5) is 0 Å². The lowest BCUT2D eigenvalue weighted by atomic mass is 9.99. The fraction of sp³-hybridized carbons (Fsp3) is 0.222. The molecule has 1 amide bonds. The Morgan fingerprint density at radius 1 is 1.14 bits per heavy atom. The van der Waals surface area contributed by atoms with Crippen LogP contribution in [-0.4, -0.2) is 17.9 Å². The summed E-state index contributed by atoms with van der Waals surface area (Å²) in [5.41, 5.74) is 2.98. The molecular formula is C18H18N2O. The number of hydrogen-bond donors (Lipinski definition) is 0. The second kappa shape index (κ2) is 6.71. The Bertz CT molecular complexity index is 658. The van der Waals surface area contributed by atoms with Gasteiger partial charge in [-0.3, -0.25) is 4.79 Å². The summed E-state index contributed by atoms with van der Waals surface area (Å²) in [4.78, 5) is 14.1. The molecule has 0 spiro atoms. The van der Waals surface area contributed by atoms with Crippen molar-refractivity contribution in [1.29, 1.82) is 5.26 Å². The molecule has 2 aromatic carbocycles. The number of rotatable bonds is 4. The summed E-state index contributed by atoms with van der Waals surface area (Å²) in [5, 5.41) is 9.32. The summed E-state index contributed by atoms with van der Waals surface area (Å²) in [5.74, 6) is -0.924. The van der Waals surface area contributed by atoms with Crippen molar-refractivity contribution in [3.63, 3.8) is 0 Å². The van der Waals surface area contributed by atoms with Gasteiger partial charge in [-0.15, -0.1) is 0 Å². The number of benzene rings is 2. The highest BCUT2D eigenvalue weighted by Crippen LogP contribution is 2.19. The van der Waals surface area contributed by atoms with Crippen LogP contribution in [0.5, 0.6) is 0 Å². The smallest absolute Gasteiger partial charge is 0.244 e. The van der Waals surface area contributed by atoms with Gasteiger partial charge in [0.1, 0.15) is 5.92 Å². The van der Waals surface area contributed by atoms with Crippen LogP contribution in [-0.2, 0) is 11.3 Å². The van der Waals surface area contributed by atoms with E-state index in [1.165, 1.54) is 0 Å². The van der Waals surface area contributed by atoms with Crippen molar-refractivity contribution in [1.82, 2.24) is 4.90 Å². The third-order valence-electron chi connectivity index (χ3n) is 3.55. The van der Waals surface area contributed by atoms with Crippen molar-refractivity contribution in [2.24, 2.45) is 0 Å². The van der Waals surface area contributed by atoms with Gasteiger partial charge in [0.15, 0.2) is 0 Å². The summed E-state index contributed by atoms with van der Waals surface area (Å²) >= 11 is 0. The second-order valence-corrected chi connectivity index (χ2v) is 5.09. The van der Waals surface area contributed by atoms with Gasteiger partial charge in [-0.25, -0.2) is 0 Å². The molecule has 2 rings (SSSR count). The molecule has 2 aromatic rings. The molecule has 3 nitrogen and oxygen atoms in total. The van der Waals surface area contributed by atoms with Gasteiger partial charge < -0.3 is 4.90 Å². The second-order valence-electron chi connectivity index (χ2n) is 5.09. The van der Waals surface area contributed by atoms with Gasteiger partial charge in [0.25, 0.3) is 0 Å². The number of amides is 1. The molecule has 0 heterocycles. The highest BCUT2D eigenvalue weighted by Gasteiger charge is 2.23. The minimum absolute atomic E-state index is 0.174. The van der Waals surface area contributed by atoms with E-state index in [0.717, 1.165) is 16.7 Å². The highest BCUT2D eigenvalue weighted by molar-refractivity contribution is 5.86. The Labute approximate surface area is 125 Å². The summed E-state index contributed by atoms with van der Waals surface area (Å²) in [6, 6.07) is 19.2. The Morgan fingerprint density at radius 2 is 1.76 bits per heavy atom. The molecule has 106 valence electrons. The monoisotopic (exact) mass is 278 g/mol. The number of carbonyl (C=O) groups excluding carboxylic acids is 1. The van der Waals surface area contributed by atoms with Crippen LogP contribution in [0.25, 0.3) is 0 Å². The zero-order valence-corrected chi connectivity index (χ0v) is 12.3. The Balaban J connectivity index is 2.15. The topological polar surface area (TPSA) is 44.1 Å². The lowest BCUT2D eigenvalue weighted by molar-refractivity contribution is -0.130. The van der Waals surface area contributed by atoms with Crippen molar-refractivity contribution in [2.45, 2.75) is 19.4 Å². The number of likely N-dealkylation sites (N-methyl/N-ethyl adjacent to an activating group) is 1. The van der Waals surface area contributed by atoms with Crippen LogP contribution < -0.4 is 0 Å². The Morgan fingerprint density at radius 3 is 2.38 bits per heavy atom. The SMILES string of the molecule is Cc1ccccc1CN(C)C(=O)C(C#N)c1ccccc1. The summed E-state index contributed by atoms with van der Waals surface area (Å²) in [7, 11) is 1.74. The molecule has 21 heavy (non-hydrogen) atoms. The molecule has 0 fully saturated rings. The first-order valence-electron chi connectivity index (χ1n) is 6.87. The third-order valence-corrected chi connectivity index (χ3v) is 3.55. The lowest BCUT2D eigenvalue weighted by Crippen LogP contribution is -2.31. The van der Waals surface area contributed by atoms with Gasteiger partial charge in [-0.2, -0.15) is 5.26 Å². The average molecular weight is 278 g/mol. The van der Waals surface area contributed by atoms with Crippen LogP contribution in [0.3, 0.4) is 0 Å². The van der Waals surface area contributed by atoms with Crippen LogP contribution >= 0.6 is 0 Å².